The molecule has 22 heavy (non-hydrogen) atoms. The Bertz CT molecular complexity index is 660. The number of rotatable bonds is 3. The zero-order valence-electron chi connectivity index (χ0n) is 12.2. The predicted molar refractivity (Wildman–Crippen MR) is 79.4 cm³/mol. The second-order valence-electron chi connectivity index (χ2n) is 5.03. The molecule has 0 aromatic carbocycles. The first-order valence-electron chi connectivity index (χ1n) is 6.98. The molecule has 1 saturated heterocycles. The fraction of sp³-hybridized carbons (Fsp3) is 0.462. The number of hydrogen-bond acceptors (Lipinski definition) is 6. The number of piperazine rings is 1. The average Bonchev–Trinajstić information content (AvgIpc) is 3.19. The van der Waals surface area contributed by atoms with Gasteiger partial charge in [0, 0.05) is 26.2 Å². The summed E-state index contributed by atoms with van der Waals surface area (Å²) in [5, 5.41) is 12.9. The minimum absolute atomic E-state index is 0.0291. The molecular weight excluding hydrogens is 304 g/mol. The lowest BCUT2D eigenvalue weighted by molar-refractivity contribution is -0.133. The summed E-state index contributed by atoms with van der Waals surface area (Å²) >= 11 is 1.44. The highest BCUT2D eigenvalue weighted by Gasteiger charge is 2.25. The van der Waals surface area contributed by atoms with Gasteiger partial charge in [-0.2, -0.15) is 0 Å². The van der Waals surface area contributed by atoms with Crippen molar-refractivity contribution in [2.45, 2.75) is 13.5 Å². The summed E-state index contributed by atoms with van der Waals surface area (Å²) in [5.74, 6) is 0.622. The van der Waals surface area contributed by atoms with Gasteiger partial charge >= 0.3 is 0 Å². The van der Waals surface area contributed by atoms with E-state index in [1.165, 1.54) is 16.0 Å². The predicted octanol–water partition coefficient (Wildman–Crippen LogP) is 0.0276. The average molecular weight is 320 g/mol. The Balaban J connectivity index is 1.54. The minimum atomic E-state index is -0.0291. The van der Waals surface area contributed by atoms with Gasteiger partial charge in [-0.05, 0) is 28.8 Å². The van der Waals surface area contributed by atoms with Gasteiger partial charge in [-0.3, -0.25) is 9.59 Å². The summed E-state index contributed by atoms with van der Waals surface area (Å²) in [4.78, 5) is 28.8. The first kappa shape index (κ1) is 14.6. The molecule has 116 valence electrons. The van der Waals surface area contributed by atoms with Gasteiger partial charge in [0.15, 0.2) is 0 Å². The van der Waals surface area contributed by atoms with Crippen LogP contribution in [0.15, 0.2) is 17.5 Å². The SMILES string of the molecule is Cc1nnnn1CC(=O)N1CCN(C(=O)c2cccs2)CC1. The molecule has 0 radical (unpaired) electrons. The second kappa shape index (κ2) is 6.22. The number of aryl methyl sites for hydroxylation is 1. The molecule has 0 N–H and O–H groups in total. The van der Waals surface area contributed by atoms with Crippen LogP contribution < -0.4 is 0 Å². The van der Waals surface area contributed by atoms with E-state index in [0.717, 1.165) is 4.88 Å². The molecule has 3 rings (SSSR count). The maximum atomic E-state index is 12.2. The van der Waals surface area contributed by atoms with Crippen molar-refractivity contribution in [3.8, 4) is 0 Å². The Labute approximate surface area is 131 Å². The van der Waals surface area contributed by atoms with Crippen molar-refractivity contribution in [2.75, 3.05) is 26.2 Å². The van der Waals surface area contributed by atoms with Crippen molar-refractivity contribution in [3.05, 3.63) is 28.2 Å². The van der Waals surface area contributed by atoms with Crippen LogP contribution in [0, 0.1) is 6.92 Å². The summed E-state index contributed by atoms with van der Waals surface area (Å²) in [7, 11) is 0. The molecule has 1 aliphatic rings. The van der Waals surface area contributed by atoms with Crippen molar-refractivity contribution in [1.29, 1.82) is 0 Å². The molecule has 1 aliphatic heterocycles. The van der Waals surface area contributed by atoms with Crippen LogP contribution in [-0.4, -0.2) is 68.0 Å². The quantitative estimate of drug-likeness (QED) is 0.796. The van der Waals surface area contributed by atoms with Crippen molar-refractivity contribution in [2.24, 2.45) is 0 Å². The number of carbonyl (C=O) groups excluding carboxylic acids is 2. The molecule has 0 aliphatic carbocycles. The highest BCUT2D eigenvalue weighted by molar-refractivity contribution is 7.12. The zero-order chi connectivity index (χ0) is 15.5. The molecular formula is C13H16N6O2S. The monoisotopic (exact) mass is 320 g/mol. The van der Waals surface area contributed by atoms with E-state index in [2.05, 4.69) is 15.5 Å². The number of amides is 2. The van der Waals surface area contributed by atoms with E-state index in [1.54, 1.807) is 16.7 Å². The lowest BCUT2D eigenvalue weighted by atomic mass is 10.3. The highest BCUT2D eigenvalue weighted by Crippen LogP contribution is 2.14. The van der Waals surface area contributed by atoms with E-state index in [1.807, 2.05) is 17.5 Å². The van der Waals surface area contributed by atoms with Crippen molar-refractivity contribution >= 4 is 23.2 Å². The van der Waals surface area contributed by atoms with E-state index < -0.39 is 0 Å². The van der Waals surface area contributed by atoms with E-state index in [0.29, 0.717) is 32.0 Å². The van der Waals surface area contributed by atoms with Crippen LogP contribution in [0.4, 0.5) is 0 Å². The first-order chi connectivity index (χ1) is 10.6. The Hall–Kier alpha value is -2.29. The highest BCUT2D eigenvalue weighted by atomic mass is 32.1. The Morgan fingerprint density at radius 2 is 1.95 bits per heavy atom. The molecule has 2 aromatic rings. The Morgan fingerprint density at radius 1 is 1.23 bits per heavy atom. The molecule has 9 heteroatoms. The lowest BCUT2D eigenvalue weighted by Crippen LogP contribution is -2.51. The standard InChI is InChI=1S/C13H16N6O2S/c1-10-14-15-16-19(10)9-12(20)17-4-6-18(7-5-17)13(21)11-3-2-8-22-11/h2-3,8H,4-7,9H2,1H3. The van der Waals surface area contributed by atoms with Crippen LogP contribution in [0.3, 0.4) is 0 Å². The normalized spacial score (nSPS) is 15.1. The fourth-order valence-corrected chi connectivity index (χ4v) is 3.03. The number of aromatic nitrogens is 4. The maximum absolute atomic E-state index is 12.2. The fourth-order valence-electron chi connectivity index (χ4n) is 2.34. The van der Waals surface area contributed by atoms with Crippen molar-refractivity contribution in [1.82, 2.24) is 30.0 Å². The molecule has 2 aromatic heterocycles. The van der Waals surface area contributed by atoms with Gasteiger partial charge in [-0.25, -0.2) is 4.68 Å². The van der Waals surface area contributed by atoms with E-state index in [4.69, 9.17) is 0 Å². The molecule has 2 amide bonds. The summed E-state index contributed by atoms with van der Waals surface area (Å²) in [6, 6.07) is 3.69. The van der Waals surface area contributed by atoms with Crippen LogP contribution in [0.2, 0.25) is 0 Å². The van der Waals surface area contributed by atoms with Gasteiger partial charge in [-0.1, -0.05) is 6.07 Å². The topological polar surface area (TPSA) is 84.2 Å². The third-order valence-corrected chi connectivity index (χ3v) is 4.51. The molecule has 1 fully saturated rings. The number of thiophene rings is 1. The van der Waals surface area contributed by atoms with Crippen molar-refractivity contribution in [3.63, 3.8) is 0 Å². The van der Waals surface area contributed by atoms with Crippen LogP contribution in [0.5, 0.6) is 0 Å². The summed E-state index contributed by atoms with van der Waals surface area (Å²) < 4.78 is 1.48. The lowest BCUT2D eigenvalue weighted by Gasteiger charge is -2.34. The van der Waals surface area contributed by atoms with Gasteiger partial charge < -0.3 is 9.80 Å². The summed E-state index contributed by atoms with van der Waals surface area (Å²) in [6.45, 7) is 4.07. The van der Waals surface area contributed by atoms with Crippen molar-refractivity contribution < 1.29 is 9.59 Å². The van der Waals surface area contributed by atoms with E-state index >= 15 is 0 Å². The molecule has 0 saturated carbocycles. The number of carbonyl (C=O) groups is 2. The molecule has 0 unspecified atom stereocenters. The second-order valence-corrected chi connectivity index (χ2v) is 5.98. The molecule has 0 atom stereocenters. The summed E-state index contributed by atoms with van der Waals surface area (Å²) in [5.41, 5.74) is 0. The maximum Gasteiger partial charge on any atom is 0.264 e. The molecule has 3 heterocycles. The number of hydrogen-bond donors (Lipinski definition) is 0. The van der Waals surface area contributed by atoms with Gasteiger partial charge in [0.25, 0.3) is 5.91 Å². The largest absolute Gasteiger partial charge is 0.338 e. The zero-order valence-corrected chi connectivity index (χ0v) is 13.0. The van der Waals surface area contributed by atoms with Crippen LogP contribution in [-0.2, 0) is 11.3 Å². The van der Waals surface area contributed by atoms with Crippen LogP contribution in [0.25, 0.3) is 0 Å². The van der Waals surface area contributed by atoms with Gasteiger partial charge in [0.2, 0.25) is 5.91 Å². The molecule has 0 bridgehead atoms. The van der Waals surface area contributed by atoms with Gasteiger partial charge in [-0.15, -0.1) is 16.4 Å². The first-order valence-corrected chi connectivity index (χ1v) is 7.86. The third kappa shape index (κ3) is 2.98. The Kier molecular flexibility index (Phi) is 4.14. The molecule has 0 spiro atoms. The van der Waals surface area contributed by atoms with Crippen LogP contribution >= 0.6 is 11.3 Å². The third-order valence-electron chi connectivity index (χ3n) is 3.65. The number of nitrogens with zero attached hydrogens (tertiary/aromatic N) is 6. The van der Waals surface area contributed by atoms with Gasteiger partial charge in [0.1, 0.15) is 12.4 Å². The van der Waals surface area contributed by atoms with Gasteiger partial charge in [0.05, 0.1) is 4.88 Å². The number of tetrazole rings is 1. The van der Waals surface area contributed by atoms with Crippen LogP contribution in [0.1, 0.15) is 15.5 Å². The Morgan fingerprint density at radius 3 is 2.55 bits per heavy atom. The molecule has 8 nitrogen and oxygen atoms in total. The summed E-state index contributed by atoms with van der Waals surface area (Å²) in [6.07, 6.45) is 0. The smallest absolute Gasteiger partial charge is 0.264 e. The van der Waals surface area contributed by atoms with E-state index in [-0.39, 0.29) is 18.4 Å². The van der Waals surface area contributed by atoms with E-state index in [9.17, 15) is 9.59 Å². The minimum Gasteiger partial charge on any atom is -0.338 e.